The summed E-state index contributed by atoms with van der Waals surface area (Å²) in [6.45, 7) is 1.87. The van der Waals surface area contributed by atoms with Crippen molar-refractivity contribution in [3.63, 3.8) is 0 Å². The Kier molecular flexibility index (Phi) is 2.57. The van der Waals surface area contributed by atoms with E-state index in [2.05, 4.69) is 11.9 Å². The van der Waals surface area contributed by atoms with Gasteiger partial charge >= 0.3 is 0 Å². The minimum atomic E-state index is -0.120. The number of phenolic OH excluding ortho intramolecular Hbond substituents is 1. The van der Waals surface area contributed by atoms with E-state index >= 15 is 0 Å². The number of rotatable bonds is 3. The minimum absolute atomic E-state index is 0.120. The van der Waals surface area contributed by atoms with Gasteiger partial charge in [-0.1, -0.05) is 6.07 Å². The largest absolute Gasteiger partial charge is 0.508 e. The summed E-state index contributed by atoms with van der Waals surface area (Å²) in [5.41, 5.74) is 7.62. The molecule has 3 heteroatoms. The molecule has 1 atom stereocenters. The first-order chi connectivity index (χ1) is 7.09. The molecule has 1 aromatic rings. The Labute approximate surface area is 90.5 Å². The standard InChI is InChI=1S/C12H18N2O/c1-8(13)11-6-5-10(7-12(11)15)14(2)9-3-4-9/h5-9,15H,3-4,13H2,1-2H3. The van der Waals surface area contributed by atoms with Crippen LogP contribution < -0.4 is 10.6 Å². The maximum atomic E-state index is 9.81. The van der Waals surface area contributed by atoms with Gasteiger partial charge < -0.3 is 15.7 Å². The van der Waals surface area contributed by atoms with Gasteiger partial charge in [0.25, 0.3) is 0 Å². The number of phenols is 1. The van der Waals surface area contributed by atoms with Gasteiger partial charge in [0.15, 0.2) is 0 Å². The molecule has 0 aromatic heterocycles. The van der Waals surface area contributed by atoms with E-state index < -0.39 is 0 Å². The van der Waals surface area contributed by atoms with E-state index in [-0.39, 0.29) is 6.04 Å². The van der Waals surface area contributed by atoms with Crippen molar-refractivity contribution in [2.75, 3.05) is 11.9 Å². The predicted molar refractivity (Wildman–Crippen MR) is 62.1 cm³/mol. The first-order valence-corrected chi connectivity index (χ1v) is 5.41. The average molecular weight is 206 g/mol. The lowest BCUT2D eigenvalue weighted by Gasteiger charge is -2.20. The van der Waals surface area contributed by atoms with Crippen LogP contribution in [0.15, 0.2) is 18.2 Å². The van der Waals surface area contributed by atoms with Crippen molar-refractivity contribution in [2.45, 2.75) is 31.8 Å². The molecule has 1 saturated carbocycles. The SMILES string of the molecule is CC(N)c1ccc(N(C)C2CC2)cc1O. The lowest BCUT2D eigenvalue weighted by atomic mass is 10.1. The van der Waals surface area contributed by atoms with Crippen molar-refractivity contribution >= 4 is 5.69 Å². The summed E-state index contributed by atoms with van der Waals surface area (Å²) < 4.78 is 0. The molecule has 1 aliphatic carbocycles. The molecule has 3 N–H and O–H groups in total. The van der Waals surface area contributed by atoms with Crippen molar-refractivity contribution in [1.82, 2.24) is 0 Å². The third kappa shape index (κ3) is 2.07. The molecule has 0 radical (unpaired) electrons. The quantitative estimate of drug-likeness (QED) is 0.795. The van der Waals surface area contributed by atoms with Gasteiger partial charge in [0, 0.05) is 36.4 Å². The van der Waals surface area contributed by atoms with Crippen molar-refractivity contribution in [3.8, 4) is 5.75 Å². The first-order valence-electron chi connectivity index (χ1n) is 5.41. The van der Waals surface area contributed by atoms with Crippen LogP contribution in [-0.4, -0.2) is 18.2 Å². The molecule has 15 heavy (non-hydrogen) atoms. The highest BCUT2D eigenvalue weighted by molar-refractivity contribution is 5.54. The van der Waals surface area contributed by atoms with E-state index in [4.69, 9.17) is 5.73 Å². The number of hydrogen-bond donors (Lipinski definition) is 2. The molecule has 0 bridgehead atoms. The normalized spacial score (nSPS) is 17.5. The molecule has 0 heterocycles. The maximum Gasteiger partial charge on any atom is 0.122 e. The van der Waals surface area contributed by atoms with Crippen LogP contribution in [-0.2, 0) is 0 Å². The predicted octanol–water partition coefficient (Wildman–Crippen LogP) is 2.01. The monoisotopic (exact) mass is 206 g/mol. The molecule has 0 amide bonds. The molecule has 3 nitrogen and oxygen atoms in total. The van der Waals surface area contributed by atoms with Gasteiger partial charge in [-0.2, -0.15) is 0 Å². The second-order valence-corrected chi connectivity index (χ2v) is 4.37. The molecular formula is C12H18N2O. The highest BCUT2D eigenvalue weighted by Gasteiger charge is 2.26. The Morgan fingerprint density at radius 1 is 1.47 bits per heavy atom. The third-order valence-corrected chi connectivity index (χ3v) is 3.01. The van der Waals surface area contributed by atoms with Crippen LogP contribution in [0.5, 0.6) is 5.75 Å². The summed E-state index contributed by atoms with van der Waals surface area (Å²) in [5.74, 6) is 0.301. The van der Waals surface area contributed by atoms with Crippen molar-refractivity contribution in [3.05, 3.63) is 23.8 Å². The molecule has 82 valence electrons. The third-order valence-electron chi connectivity index (χ3n) is 3.01. The zero-order valence-electron chi connectivity index (χ0n) is 9.27. The number of anilines is 1. The lowest BCUT2D eigenvalue weighted by molar-refractivity contribution is 0.464. The molecule has 0 aliphatic heterocycles. The van der Waals surface area contributed by atoms with E-state index in [0.717, 1.165) is 11.3 Å². The smallest absolute Gasteiger partial charge is 0.122 e. The van der Waals surface area contributed by atoms with Crippen LogP contribution in [0.3, 0.4) is 0 Å². The summed E-state index contributed by atoms with van der Waals surface area (Å²) in [4.78, 5) is 2.21. The summed E-state index contributed by atoms with van der Waals surface area (Å²) in [5, 5.41) is 9.81. The highest BCUT2D eigenvalue weighted by Crippen LogP contribution is 2.33. The van der Waals surface area contributed by atoms with E-state index in [1.54, 1.807) is 6.07 Å². The van der Waals surface area contributed by atoms with Gasteiger partial charge in [0.05, 0.1) is 0 Å². The number of nitrogens with two attached hydrogens (primary N) is 1. The maximum absolute atomic E-state index is 9.81. The van der Waals surface area contributed by atoms with Gasteiger partial charge in [-0.25, -0.2) is 0 Å². The Morgan fingerprint density at radius 3 is 2.60 bits per heavy atom. The van der Waals surface area contributed by atoms with Crippen LogP contribution in [0.4, 0.5) is 5.69 Å². The molecule has 1 aliphatic rings. The Bertz CT molecular complexity index is 359. The van der Waals surface area contributed by atoms with Crippen LogP contribution in [0.25, 0.3) is 0 Å². The Hall–Kier alpha value is -1.22. The van der Waals surface area contributed by atoms with Crippen molar-refractivity contribution < 1.29 is 5.11 Å². The number of nitrogens with zero attached hydrogens (tertiary/aromatic N) is 1. The van der Waals surface area contributed by atoms with Gasteiger partial charge in [-0.3, -0.25) is 0 Å². The lowest BCUT2D eigenvalue weighted by Crippen LogP contribution is -2.19. The van der Waals surface area contributed by atoms with Crippen LogP contribution in [0, 0.1) is 0 Å². The van der Waals surface area contributed by atoms with Gasteiger partial charge in [0.1, 0.15) is 5.75 Å². The summed E-state index contributed by atoms with van der Waals surface area (Å²) in [6, 6.07) is 6.28. The van der Waals surface area contributed by atoms with Crippen LogP contribution >= 0.6 is 0 Å². The zero-order valence-corrected chi connectivity index (χ0v) is 9.27. The van der Waals surface area contributed by atoms with E-state index in [1.807, 2.05) is 19.1 Å². The van der Waals surface area contributed by atoms with E-state index in [0.29, 0.717) is 11.8 Å². The summed E-state index contributed by atoms with van der Waals surface area (Å²) in [7, 11) is 2.07. The highest BCUT2D eigenvalue weighted by atomic mass is 16.3. The number of hydrogen-bond acceptors (Lipinski definition) is 3. The topological polar surface area (TPSA) is 49.5 Å². The van der Waals surface area contributed by atoms with Gasteiger partial charge in [-0.15, -0.1) is 0 Å². The molecule has 2 rings (SSSR count). The molecule has 0 saturated heterocycles. The van der Waals surface area contributed by atoms with Crippen LogP contribution in [0.2, 0.25) is 0 Å². The molecule has 1 aromatic carbocycles. The molecule has 1 unspecified atom stereocenters. The van der Waals surface area contributed by atoms with Crippen molar-refractivity contribution in [2.24, 2.45) is 5.73 Å². The number of aromatic hydroxyl groups is 1. The fourth-order valence-corrected chi connectivity index (χ4v) is 1.81. The number of benzene rings is 1. The minimum Gasteiger partial charge on any atom is -0.508 e. The van der Waals surface area contributed by atoms with E-state index in [9.17, 15) is 5.11 Å². The zero-order chi connectivity index (χ0) is 11.0. The fraction of sp³-hybridized carbons (Fsp3) is 0.500. The first kappa shape index (κ1) is 10.3. The molecule has 1 fully saturated rings. The van der Waals surface area contributed by atoms with E-state index in [1.165, 1.54) is 12.8 Å². The second kappa shape index (κ2) is 3.74. The van der Waals surface area contributed by atoms with Crippen LogP contribution in [0.1, 0.15) is 31.4 Å². The van der Waals surface area contributed by atoms with Gasteiger partial charge in [0.2, 0.25) is 0 Å². The van der Waals surface area contributed by atoms with Crippen molar-refractivity contribution in [1.29, 1.82) is 0 Å². The molecule has 0 spiro atoms. The summed E-state index contributed by atoms with van der Waals surface area (Å²) in [6.07, 6.45) is 2.51. The Balaban J connectivity index is 2.24. The summed E-state index contributed by atoms with van der Waals surface area (Å²) >= 11 is 0. The van der Waals surface area contributed by atoms with Gasteiger partial charge in [-0.05, 0) is 25.8 Å². The Morgan fingerprint density at radius 2 is 2.13 bits per heavy atom. The molecular weight excluding hydrogens is 188 g/mol. The fourth-order valence-electron chi connectivity index (χ4n) is 1.81. The average Bonchev–Trinajstić information content (AvgIpc) is 2.99. The second-order valence-electron chi connectivity index (χ2n) is 4.37.